The van der Waals surface area contributed by atoms with Crippen LogP contribution in [0.5, 0.6) is 0 Å². The van der Waals surface area contributed by atoms with E-state index in [2.05, 4.69) is 10.2 Å². The zero-order valence-electron chi connectivity index (χ0n) is 8.03. The van der Waals surface area contributed by atoms with Gasteiger partial charge in [0.2, 0.25) is 0 Å². The minimum atomic E-state index is -0.373. The second-order valence-electron chi connectivity index (χ2n) is 3.62. The number of aliphatic hydroxyl groups is 1. The summed E-state index contributed by atoms with van der Waals surface area (Å²) < 4.78 is 0. The first-order chi connectivity index (χ1) is 6.68. The first kappa shape index (κ1) is 9.21. The largest absolute Gasteiger partial charge is 0.391 e. The minimum Gasteiger partial charge on any atom is -0.391 e. The highest BCUT2D eigenvalue weighted by atomic mass is 16.3. The zero-order chi connectivity index (χ0) is 10.1. The number of aryl methyl sites for hydroxylation is 1. The van der Waals surface area contributed by atoms with Gasteiger partial charge in [0.25, 0.3) is 5.91 Å². The molecule has 1 aromatic heterocycles. The first-order valence-corrected chi connectivity index (χ1v) is 4.66. The summed E-state index contributed by atoms with van der Waals surface area (Å²) >= 11 is 0. The number of nitrogens with one attached hydrogen (secondary N) is 1. The lowest BCUT2D eigenvalue weighted by Gasteiger charge is -2.14. The van der Waals surface area contributed by atoms with Crippen LogP contribution in [0.1, 0.15) is 22.5 Å². The van der Waals surface area contributed by atoms with Crippen LogP contribution < -0.4 is 0 Å². The fourth-order valence-corrected chi connectivity index (χ4v) is 1.65. The molecule has 0 aromatic carbocycles. The summed E-state index contributed by atoms with van der Waals surface area (Å²) in [5.41, 5.74) is 1.37. The van der Waals surface area contributed by atoms with Crippen LogP contribution in [0.2, 0.25) is 0 Å². The van der Waals surface area contributed by atoms with Gasteiger partial charge in [-0.25, -0.2) is 0 Å². The molecule has 76 valence electrons. The van der Waals surface area contributed by atoms with Crippen molar-refractivity contribution >= 4 is 5.91 Å². The molecule has 14 heavy (non-hydrogen) atoms. The third-order valence-electron chi connectivity index (χ3n) is 2.49. The second-order valence-corrected chi connectivity index (χ2v) is 3.62. The molecule has 1 fully saturated rings. The van der Waals surface area contributed by atoms with Crippen molar-refractivity contribution in [3.63, 3.8) is 0 Å². The predicted molar refractivity (Wildman–Crippen MR) is 49.9 cm³/mol. The number of amides is 1. The molecule has 2 heterocycles. The maximum absolute atomic E-state index is 11.8. The van der Waals surface area contributed by atoms with E-state index in [9.17, 15) is 9.90 Å². The van der Waals surface area contributed by atoms with E-state index in [1.54, 1.807) is 11.1 Å². The van der Waals surface area contributed by atoms with Gasteiger partial charge in [0.15, 0.2) is 0 Å². The first-order valence-electron chi connectivity index (χ1n) is 4.66. The molecule has 2 N–H and O–H groups in total. The summed E-state index contributed by atoms with van der Waals surface area (Å²) in [6.45, 7) is 2.89. The van der Waals surface area contributed by atoms with Gasteiger partial charge in [-0.2, -0.15) is 5.10 Å². The molecule has 1 aliphatic rings. The Hall–Kier alpha value is -1.36. The minimum absolute atomic E-state index is 0.0726. The summed E-state index contributed by atoms with van der Waals surface area (Å²) in [4.78, 5) is 13.5. The van der Waals surface area contributed by atoms with E-state index < -0.39 is 0 Å². The molecule has 0 unspecified atom stereocenters. The van der Waals surface area contributed by atoms with Crippen LogP contribution in [-0.2, 0) is 0 Å². The number of rotatable bonds is 1. The lowest BCUT2D eigenvalue weighted by molar-refractivity contribution is 0.0758. The molecule has 0 radical (unpaired) electrons. The van der Waals surface area contributed by atoms with Crippen molar-refractivity contribution in [2.45, 2.75) is 19.4 Å². The molecule has 1 aromatic rings. The highest BCUT2D eigenvalue weighted by Crippen LogP contribution is 2.13. The van der Waals surface area contributed by atoms with Gasteiger partial charge in [-0.15, -0.1) is 0 Å². The van der Waals surface area contributed by atoms with Crippen LogP contribution in [0.4, 0.5) is 0 Å². The Morgan fingerprint density at radius 2 is 2.57 bits per heavy atom. The molecular formula is C9H13N3O2. The second kappa shape index (κ2) is 3.42. The lowest BCUT2D eigenvalue weighted by Crippen LogP contribution is -2.30. The Balaban J connectivity index is 2.13. The molecule has 0 spiro atoms. The number of carbonyl (C=O) groups excluding carboxylic acids is 1. The third-order valence-corrected chi connectivity index (χ3v) is 2.49. The van der Waals surface area contributed by atoms with Gasteiger partial charge >= 0.3 is 0 Å². The summed E-state index contributed by atoms with van der Waals surface area (Å²) in [6, 6.07) is 0. The van der Waals surface area contributed by atoms with Gasteiger partial charge in [-0.1, -0.05) is 0 Å². The monoisotopic (exact) mass is 195 g/mol. The highest BCUT2D eigenvalue weighted by molar-refractivity contribution is 5.93. The zero-order valence-corrected chi connectivity index (χ0v) is 8.03. The number of aromatic nitrogens is 2. The van der Waals surface area contributed by atoms with Gasteiger partial charge in [0.1, 0.15) is 5.69 Å². The normalized spacial score (nSPS) is 21.6. The molecule has 0 aliphatic carbocycles. The molecule has 2 rings (SSSR count). The van der Waals surface area contributed by atoms with Crippen molar-refractivity contribution in [2.24, 2.45) is 0 Å². The molecule has 5 nitrogen and oxygen atoms in total. The number of H-pyrrole nitrogens is 1. The maximum atomic E-state index is 11.8. The Bertz CT molecular complexity index is 348. The summed E-state index contributed by atoms with van der Waals surface area (Å²) in [6.07, 6.45) is 1.92. The predicted octanol–water partition coefficient (Wildman–Crippen LogP) is -0.0751. The maximum Gasteiger partial charge on any atom is 0.272 e. The fourth-order valence-electron chi connectivity index (χ4n) is 1.65. The van der Waals surface area contributed by atoms with Gasteiger partial charge in [0.05, 0.1) is 12.3 Å². The van der Waals surface area contributed by atoms with E-state index >= 15 is 0 Å². The van der Waals surface area contributed by atoms with Gasteiger partial charge in [-0.05, 0) is 18.9 Å². The smallest absolute Gasteiger partial charge is 0.272 e. The van der Waals surface area contributed by atoms with Crippen molar-refractivity contribution < 1.29 is 9.90 Å². The van der Waals surface area contributed by atoms with E-state index in [1.165, 1.54) is 0 Å². The molecule has 1 amide bonds. The Morgan fingerprint density at radius 1 is 1.79 bits per heavy atom. The van der Waals surface area contributed by atoms with Crippen molar-refractivity contribution in [1.82, 2.24) is 15.1 Å². The van der Waals surface area contributed by atoms with E-state index in [0.717, 1.165) is 5.56 Å². The quantitative estimate of drug-likeness (QED) is 0.658. The lowest BCUT2D eigenvalue weighted by atomic mass is 10.2. The number of carbonyl (C=O) groups is 1. The average Bonchev–Trinajstić information content (AvgIpc) is 2.73. The SMILES string of the molecule is Cc1cn[nH]c1C(=O)N1CC[C@H](O)C1. The van der Waals surface area contributed by atoms with Crippen molar-refractivity contribution in [1.29, 1.82) is 0 Å². The molecule has 0 saturated carbocycles. The molecular weight excluding hydrogens is 182 g/mol. The van der Waals surface area contributed by atoms with Gasteiger partial charge in [-0.3, -0.25) is 9.89 Å². The summed E-state index contributed by atoms with van der Waals surface area (Å²) in [5, 5.41) is 15.8. The third kappa shape index (κ3) is 1.50. The number of aliphatic hydroxyl groups excluding tert-OH is 1. The van der Waals surface area contributed by atoms with Crippen LogP contribution in [0.15, 0.2) is 6.20 Å². The van der Waals surface area contributed by atoms with E-state index in [4.69, 9.17) is 0 Å². The number of aromatic amines is 1. The van der Waals surface area contributed by atoms with E-state index in [1.807, 2.05) is 6.92 Å². The Kier molecular flexibility index (Phi) is 2.25. The number of hydrogen-bond acceptors (Lipinski definition) is 3. The van der Waals surface area contributed by atoms with Crippen molar-refractivity contribution in [3.05, 3.63) is 17.5 Å². The molecule has 1 atom stereocenters. The Morgan fingerprint density at radius 3 is 3.07 bits per heavy atom. The van der Waals surface area contributed by atoms with Crippen molar-refractivity contribution in [3.8, 4) is 0 Å². The van der Waals surface area contributed by atoms with Crippen molar-refractivity contribution in [2.75, 3.05) is 13.1 Å². The van der Waals surface area contributed by atoms with E-state index in [0.29, 0.717) is 25.2 Å². The van der Waals surface area contributed by atoms with Crippen LogP contribution in [0, 0.1) is 6.92 Å². The molecule has 5 heteroatoms. The summed E-state index contributed by atoms with van der Waals surface area (Å²) in [7, 11) is 0. The topological polar surface area (TPSA) is 69.2 Å². The molecule has 1 aliphatic heterocycles. The standard InChI is InChI=1S/C9H13N3O2/c1-6-4-10-11-8(6)9(14)12-3-2-7(13)5-12/h4,7,13H,2-3,5H2,1H3,(H,10,11)/t7-/m0/s1. The fraction of sp³-hybridized carbons (Fsp3) is 0.556. The summed E-state index contributed by atoms with van der Waals surface area (Å²) in [5.74, 6) is -0.0726. The number of nitrogens with zero attached hydrogens (tertiary/aromatic N) is 2. The molecule has 0 bridgehead atoms. The van der Waals surface area contributed by atoms with Crippen LogP contribution >= 0.6 is 0 Å². The number of hydrogen-bond donors (Lipinski definition) is 2. The molecule has 1 saturated heterocycles. The Labute approximate surface area is 81.7 Å². The number of β-amino-alcohol motifs (C(OH)–C–C–N with tert-alkyl or cyclic N) is 1. The van der Waals surface area contributed by atoms with E-state index in [-0.39, 0.29) is 12.0 Å². The average molecular weight is 195 g/mol. The van der Waals surface area contributed by atoms with Crippen LogP contribution in [0.25, 0.3) is 0 Å². The van der Waals surface area contributed by atoms with Crippen LogP contribution in [-0.4, -0.2) is 45.3 Å². The van der Waals surface area contributed by atoms with Gasteiger partial charge < -0.3 is 10.0 Å². The highest BCUT2D eigenvalue weighted by Gasteiger charge is 2.26. The van der Waals surface area contributed by atoms with Gasteiger partial charge in [0, 0.05) is 13.1 Å². The van der Waals surface area contributed by atoms with Crippen LogP contribution in [0.3, 0.4) is 0 Å². The number of likely N-dealkylation sites (tertiary alicyclic amines) is 1.